The molecule has 78 valence electrons. The molecule has 0 atom stereocenters. The summed E-state index contributed by atoms with van der Waals surface area (Å²) >= 11 is 3.29. The quantitative estimate of drug-likeness (QED) is 0.760. The lowest BCUT2D eigenvalue weighted by atomic mass is 10.1. The standard InChI is InChI=1S/C10H6BrNO2.H3N/c11-7-3-1-6(2-4-7)8-5-9(13)12-10(8)14;/h1-5H,(H,12,13,14);1H3. The molecule has 0 saturated carbocycles. The second kappa shape index (κ2) is 4.37. The van der Waals surface area contributed by atoms with Crippen LogP contribution in [0.3, 0.4) is 0 Å². The van der Waals surface area contributed by atoms with Crippen molar-refractivity contribution < 1.29 is 9.59 Å². The molecule has 4 N–H and O–H groups in total. The minimum atomic E-state index is -0.354. The van der Waals surface area contributed by atoms with E-state index in [2.05, 4.69) is 21.2 Å². The van der Waals surface area contributed by atoms with Crippen LogP contribution in [-0.2, 0) is 9.59 Å². The number of carbonyl (C=O) groups is 2. The molecule has 15 heavy (non-hydrogen) atoms. The lowest BCUT2D eigenvalue weighted by Gasteiger charge is -1.99. The Morgan fingerprint density at radius 3 is 2.13 bits per heavy atom. The zero-order chi connectivity index (χ0) is 10.1. The van der Waals surface area contributed by atoms with Crippen LogP contribution in [0.15, 0.2) is 34.8 Å². The van der Waals surface area contributed by atoms with Gasteiger partial charge in [0, 0.05) is 10.5 Å². The lowest BCUT2D eigenvalue weighted by molar-refractivity contribution is -0.123. The molecule has 0 aliphatic carbocycles. The summed E-state index contributed by atoms with van der Waals surface area (Å²) in [6.07, 6.45) is 1.31. The Morgan fingerprint density at radius 1 is 1.07 bits per heavy atom. The van der Waals surface area contributed by atoms with Gasteiger partial charge in [-0.2, -0.15) is 0 Å². The highest BCUT2D eigenvalue weighted by molar-refractivity contribution is 9.10. The third-order valence-electron chi connectivity index (χ3n) is 1.91. The highest BCUT2D eigenvalue weighted by Crippen LogP contribution is 2.20. The largest absolute Gasteiger partial charge is 0.344 e. The number of imide groups is 1. The molecule has 1 aliphatic heterocycles. The van der Waals surface area contributed by atoms with Crippen molar-refractivity contribution in [1.29, 1.82) is 0 Å². The number of rotatable bonds is 1. The molecule has 0 bridgehead atoms. The number of hydrogen-bond donors (Lipinski definition) is 2. The molecule has 0 aromatic heterocycles. The molecule has 1 aliphatic rings. The Labute approximate surface area is 95.1 Å². The number of hydrogen-bond acceptors (Lipinski definition) is 3. The summed E-state index contributed by atoms with van der Waals surface area (Å²) in [5, 5.41) is 2.20. The van der Waals surface area contributed by atoms with E-state index in [9.17, 15) is 9.59 Å². The van der Waals surface area contributed by atoms with Crippen molar-refractivity contribution in [3.8, 4) is 0 Å². The van der Waals surface area contributed by atoms with Crippen LogP contribution in [0.1, 0.15) is 5.56 Å². The van der Waals surface area contributed by atoms with E-state index in [1.165, 1.54) is 6.08 Å². The molecule has 1 aromatic carbocycles. The molecule has 0 radical (unpaired) electrons. The predicted octanol–water partition coefficient (Wildman–Crippen LogP) is 1.65. The van der Waals surface area contributed by atoms with Crippen molar-refractivity contribution >= 4 is 33.3 Å². The summed E-state index contributed by atoms with van der Waals surface area (Å²) < 4.78 is 0.937. The molecule has 1 heterocycles. The Hall–Kier alpha value is -1.46. The highest BCUT2D eigenvalue weighted by atomic mass is 79.9. The van der Waals surface area contributed by atoms with Crippen LogP contribution in [0.5, 0.6) is 0 Å². The van der Waals surface area contributed by atoms with Crippen LogP contribution in [-0.4, -0.2) is 11.8 Å². The molecular formula is C10H9BrN2O2. The van der Waals surface area contributed by atoms with Crippen molar-refractivity contribution in [1.82, 2.24) is 11.5 Å². The Balaban J connectivity index is 0.00000112. The van der Waals surface area contributed by atoms with Crippen LogP contribution in [0.25, 0.3) is 5.57 Å². The fourth-order valence-electron chi connectivity index (χ4n) is 1.26. The van der Waals surface area contributed by atoms with Gasteiger partial charge in [-0.15, -0.1) is 0 Å². The first kappa shape index (κ1) is 11.6. The average molecular weight is 269 g/mol. The lowest BCUT2D eigenvalue weighted by Crippen LogP contribution is -2.21. The molecule has 0 spiro atoms. The number of amides is 2. The molecule has 5 heteroatoms. The molecule has 2 amide bonds. The number of halogens is 1. The van der Waals surface area contributed by atoms with E-state index in [1.807, 2.05) is 12.1 Å². The van der Waals surface area contributed by atoms with E-state index in [-0.39, 0.29) is 18.0 Å². The van der Waals surface area contributed by atoms with Crippen LogP contribution in [0, 0.1) is 0 Å². The molecule has 0 saturated heterocycles. The molecular weight excluding hydrogens is 260 g/mol. The second-order valence-corrected chi connectivity index (χ2v) is 3.80. The molecule has 2 rings (SSSR count). The SMILES string of the molecule is N.O=C1C=C(c2ccc(Br)cc2)C(=O)N1. The smallest absolute Gasteiger partial charge is 0.258 e. The number of benzene rings is 1. The van der Waals surface area contributed by atoms with Gasteiger partial charge < -0.3 is 6.15 Å². The fourth-order valence-corrected chi connectivity index (χ4v) is 1.52. The van der Waals surface area contributed by atoms with Gasteiger partial charge >= 0.3 is 0 Å². The predicted molar refractivity (Wildman–Crippen MR) is 60.3 cm³/mol. The highest BCUT2D eigenvalue weighted by Gasteiger charge is 2.21. The second-order valence-electron chi connectivity index (χ2n) is 2.88. The van der Waals surface area contributed by atoms with Gasteiger partial charge in [-0.25, -0.2) is 0 Å². The normalized spacial score (nSPS) is 14.3. The van der Waals surface area contributed by atoms with E-state index >= 15 is 0 Å². The molecule has 1 aromatic rings. The van der Waals surface area contributed by atoms with Crippen molar-refractivity contribution in [2.75, 3.05) is 0 Å². The zero-order valence-electron chi connectivity index (χ0n) is 7.79. The minimum Gasteiger partial charge on any atom is -0.344 e. The number of nitrogens with one attached hydrogen (secondary N) is 1. The summed E-state index contributed by atoms with van der Waals surface area (Å²) in [6, 6.07) is 7.22. The van der Waals surface area contributed by atoms with E-state index < -0.39 is 0 Å². The van der Waals surface area contributed by atoms with Gasteiger partial charge in [-0.05, 0) is 17.7 Å². The Kier molecular flexibility index (Phi) is 3.39. The first-order chi connectivity index (χ1) is 6.66. The summed E-state index contributed by atoms with van der Waals surface area (Å²) in [7, 11) is 0. The van der Waals surface area contributed by atoms with E-state index in [4.69, 9.17) is 0 Å². The van der Waals surface area contributed by atoms with E-state index in [0.29, 0.717) is 5.57 Å². The summed E-state index contributed by atoms with van der Waals surface area (Å²) in [6.45, 7) is 0. The van der Waals surface area contributed by atoms with Gasteiger partial charge in [0.2, 0.25) is 0 Å². The first-order valence-corrected chi connectivity index (χ1v) is 4.79. The maximum atomic E-state index is 11.3. The van der Waals surface area contributed by atoms with E-state index in [1.54, 1.807) is 12.1 Å². The minimum absolute atomic E-state index is 0. The van der Waals surface area contributed by atoms with Gasteiger partial charge in [0.15, 0.2) is 0 Å². The average Bonchev–Trinajstić information content (AvgIpc) is 2.47. The molecule has 0 unspecified atom stereocenters. The van der Waals surface area contributed by atoms with E-state index in [0.717, 1.165) is 10.0 Å². The van der Waals surface area contributed by atoms with Gasteiger partial charge in [0.05, 0.1) is 5.57 Å². The van der Waals surface area contributed by atoms with Gasteiger partial charge in [-0.3, -0.25) is 14.9 Å². The van der Waals surface area contributed by atoms with Crippen LogP contribution >= 0.6 is 15.9 Å². The van der Waals surface area contributed by atoms with Gasteiger partial charge in [-0.1, -0.05) is 28.1 Å². The summed E-state index contributed by atoms with van der Waals surface area (Å²) in [4.78, 5) is 22.1. The Bertz CT molecular complexity index is 437. The van der Waals surface area contributed by atoms with Gasteiger partial charge in [0.25, 0.3) is 11.8 Å². The first-order valence-electron chi connectivity index (χ1n) is 4.00. The van der Waals surface area contributed by atoms with Crippen molar-refractivity contribution in [3.05, 3.63) is 40.4 Å². The summed E-state index contributed by atoms with van der Waals surface area (Å²) in [5.41, 5.74) is 1.17. The third kappa shape index (κ3) is 2.31. The Morgan fingerprint density at radius 2 is 1.67 bits per heavy atom. The topological polar surface area (TPSA) is 81.2 Å². The van der Waals surface area contributed by atoms with Crippen LogP contribution < -0.4 is 11.5 Å². The van der Waals surface area contributed by atoms with Crippen LogP contribution in [0.2, 0.25) is 0 Å². The van der Waals surface area contributed by atoms with Crippen LogP contribution in [0.4, 0.5) is 0 Å². The molecule has 4 nitrogen and oxygen atoms in total. The fraction of sp³-hybridized carbons (Fsp3) is 0. The number of carbonyl (C=O) groups excluding carboxylic acids is 2. The summed E-state index contributed by atoms with van der Waals surface area (Å²) in [5.74, 6) is -0.690. The monoisotopic (exact) mass is 268 g/mol. The molecule has 0 fully saturated rings. The van der Waals surface area contributed by atoms with Crippen molar-refractivity contribution in [3.63, 3.8) is 0 Å². The third-order valence-corrected chi connectivity index (χ3v) is 2.44. The van der Waals surface area contributed by atoms with Crippen molar-refractivity contribution in [2.45, 2.75) is 0 Å². The van der Waals surface area contributed by atoms with Crippen molar-refractivity contribution in [2.24, 2.45) is 0 Å². The zero-order valence-corrected chi connectivity index (χ0v) is 9.37. The van der Waals surface area contributed by atoms with Gasteiger partial charge in [0.1, 0.15) is 0 Å². The maximum Gasteiger partial charge on any atom is 0.258 e. The maximum absolute atomic E-state index is 11.3.